The van der Waals surface area contributed by atoms with Crippen molar-refractivity contribution in [3.05, 3.63) is 24.4 Å². The van der Waals surface area contributed by atoms with E-state index >= 15 is 0 Å². The summed E-state index contributed by atoms with van der Waals surface area (Å²) < 4.78 is 0. The molecule has 0 bridgehead atoms. The molecule has 0 spiro atoms. The third-order valence-corrected chi connectivity index (χ3v) is 4.28. The minimum Gasteiger partial charge on any atom is -0.316 e. The molecule has 1 heterocycles. The summed E-state index contributed by atoms with van der Waals surface area (Å²) >= 11 is 0. The number of rotatable bonds is 5. The number of carbonyl (C=O) groups is 2. The van der Waals surface area contributed by atoms with Crippen LogP contribution in [0.5, 0.6) is 0 Å². The summed E-state index contributed by atoms with van der Waals surface area (Å²) in [5.74, 6) is -0.194. The number of amidine groups is 1. The highest BCUT2D eigenvalue weighted by molar-refractivity contribution is 6.03. The highest BCUT2D eigenvalue weighted by Gasteiger charge is 2.37. The van der Waals surface area contributed by atoms with E-state index < -0.39 is 5.41 Å². The van der Waals surface area contributed by atoms with Gasteiger partial charge in [-0.1, -0.05) is 33.4 Å². The Balaban J connectivity index is 2.94. The lowest BCUT2D eigenvalue weighted by molar-refractivity contribution is -0.126. The third kappa shape index (κ3) is 3.60. The zero-order valence-corrected chi connectivity index (χ0v) is 13.3. The molecule has 2 amide bonds. The molecule has 0 aromatic heterocycles. The number of likely N-dealkylation sites (tertiary alicyclic amines) is 1. The van der Waals surface area contributed by atoms with Crippen LogP contribution in [0, 0.1) is 16.7 Å². The monoisotopic (exact) mass is 291 g/mol. The van der Waals surface area contributed by atoms with Crippen LogP contribution < -0.4 is 5.32 Å². The second-order valence-electron chi connectivity index (χ2n) is 5.87. The van der Waals surface area contributed by atoms with Crippen molar-refractivity contribution in [3.8, 4) is 0 Å². The van der Waals surface area contributed by atoms with E-state index in [1.54, 1.807) is 4.90 Å². The number of amides is 2. The van der Waals surface area contributed by atoms with Crippen molar-refractivity contribution in [2.45, 2.75) is 40.5 Å². The van der Waals surface area contributed by atoms with Crippen molar-refractivity contribution in [3.63, 3.8) is 0 Å². The van der Waals surface area contributed by atoms with Gasteiger partial charge in [0.25, 0.3) is 0 Å². The third-order valence-electron chi connectivity index (χ3n) is 4.28. The van der Waals surface area contributed by atoms with Gasteiger partial charge in [0.2, 0.25) is 11.8 Å². The van der Waals surface area contributed by atoms with Crippen LogP contribution >= 0.6 is 0 Å². The predicted molar refractivity (Wildman–Crippen MR) is 83.7 cm³/mol. The van der Waals surface area contributed by atoms with E-state index in [-0.39, 0.29) is 23.6 Å². The summed E-state index contributed by atoms with van der Waals surface area (Å²) in [5, 5.41) is 10.7. The van der Waals surface area contributed by atoms with Gasteiger partial charge in [-0.05, 0) is 19.4 Å². The van der Waals surface area contributed by atoms with Gasteiger partial charge in [0.15, 0.2) is 0 Å². The minimum atomic E-state index is -0.594. The standard InChI is InChI=1S/C16H25N3O2/c1-6-12(19-10-8-9-14(19)21)11(3)16(4,5)15(17)18-13(20)7-2/h6-7,11H,2,8-10H2,1,3-5H3,(H2,17,18,20)/b12-6-. The summed E-state index contributed by atoms with van der Waals surface area (Å²) in [7, 11) is 0. The molecule has 1 aliphatic heterocycles. The molecule has 1 atom stereocenters. The average Bonchev–Trinajstić information content (AvgIpc) is 2.85. The van der Waals surface area contributed by atoms with E-state index in [0.717, 1.165) is 24.7 Å². The largest absolute Gasteiger partial charge is 0.316 e. The molecule has 5 nitrogen and oxygen atoms in total. The number of hydrogen-bond donors (Lipinski definition) is 2. The molecule has 0 aliphatic carbocycles. The minimum absolute atomic E-state index is 0.0674. The topological polar surface area (TPSA) is 73.3 Å². The van der Waals surface area contributed by atoms with Crippen LogP contribution in [0.15, 0.2) is 24.4 Å². The van der Waals surface area contributed by atoms with E-state index in [4.69, 9.17) is 5.41 Å². The molecule has 2 N–H and O–H groups in total. The summed E-state index contributed by atoms with van der Waals surface area (Å²) in [6.07, 6.45) is 4.52. The normalized spacial score (nSPS) is 17.6. The first kappa shape index (κ1) is 17.1. The van der Waals surface area contributed by atoms with Crippen molar-refractivity contribution in [1.82, 2.24) is 10.2 Å². The molecule has 116 valence electrons. The molecule has 21 heavy (non-hydrogen) atoms. The Labute approximate surface area is 126 Å². The van der Waals surface area contributed by atoms with E-state index in [2.05, 4.69) is 11.9 Å². The van der Waals surface area contributed by atoms with E-state index in [9.17, 15) is 9.59 Å². The maximum Gasteiger partial charge on any atom is 0.248 e. The van der Waals surface area contributed by atoms with Crippen LogP contribution in [-0.2, 0) is 9.59 Å². The Kier molecular flexibility index (Phi) is 5.47. The molecule has 0 saturated carbocycles. The Morgan fingerprint density at radius 1 is 1.52 bits per heavy atom. The number of hydrogen-bond acceptors (Lipinski definition) is 3. The van der Waals surface area contributed by atoms with Gasteiger partial charge in [-0.2, -0.15) is 0 Å². The van der Waals surface area contributed by atoms with Crippen LogP contribution in [0.25, 0.3) is 0 Å². The van der Waals surface area contributed by atoms with Gasteiger partial charge >= 0.3 is 0 Å². The molecule has 5 heteroatoms. The van der Waals surface area contributed by atoms with Crippen molar-refractivity contribution < 1.29 is 9.59 Å². The van der Waals surface area contributed by atoms with Crippen LogP contribution in [0.3, 0.4) is 0 Å². The second kappa shape index (κ2) is 6.70. The molecular formula is C16H25N3O2. The fourth-order valence-electron chi connectivity index (χ4n) is 2.48. The van der Waals surface area contributed by atoms with Gasteiger partial charge in [0.05, 0.1) is 0 Å². The maximum atomic E-state index is 11.9. The zero-order valence-electron chi connectivity index (χ0n) is 13.3. The lowest BCUT2D eigenvalue weighted by Crippen LogP contribution is -2.45. The lowest BCUT2D eigenvalue weighted by Gasteiger charge is -2.37. The first-order valence-corrected chi connectivity index (χ1v) is 7.24. The summed E-state index contributed by atoms with van der Waals surface area (Å²) in [4.78, 5) is 25.1. The maximum absolute atomic E-state index is 11.9. The van der Waals surface area contributed by atoms with Gasteiger partial charge in [-0.25, -0.2) is 0 Å². The van der Waals surface area contributed by atoms with Gasteiger partial charge in [0, 0.05) is 30.0 Å². The van der Waals surface area contributed by atoms with Crippen LogP contribution in [-0.4, -0.2) is 29.1 Å². The summed E-state index contributed by atoms with van der Waals surface area (Å²) in [6, 6.07) is 0. The van der Waals surface area contributed by atoms with Crippen LogP contribution in [0.2, 0.25) is 0 Å². The molecule has 0 aromatic rings. The van der Waals surface area contributed by atoms with Gasteiger partial charge < -0.3 is 10.2 Å². The van der Waals surface area contributed by atoms with Gasteiger partial charge in [-0.15, -0.1) is 0 Å². The molecule has 1 fully saturated rings. The molecule has 1 saturated heterocycles. The fraction of sp³-hybridized carbons (Fsp3) is 0.562. The highest BCUT2D eigenvalue weighted by Crippen LogP contribution is 2.35. The second-order valence-corrected chi connectivity index (χ2v) is 5.87. The van der Waals surface area contributed by atoms with Crippen molar-refractivity contribution in [2.75, 3.05) is 6.54 Å². The quantitative estimate of drug-likeness (QED) is 0.464. The van der Waals surface area contributed by atoms with E-state index in [1.807, 2.05) is 33.8 Å². The lowest BCUT2D eigenvalue weighted by atomic mass is 9.76. The number of carbonyl (C=O) groups excluding carboxylic acids is 2. The van der Waals surface area contributed by atoms with E-state index in [1.165, 1.54) is 0 Å². The highest BCUT2D eigenvalue weighted by atomic mass is 16.2. The molecule has 0 radical (unpaired) electrons. The first-order valence-electron chi connectivity index (χ1n) is 7.24. The fourth-order valence-corrected chi connectivity index (χ4v) is 2.48. The molecule has 0 aromatic carbocycles. The first-order chi connectivity index (χ1) is 9.75. The van der Waals surface area contributed by atoms with Gasteiger partial charge in [-0.3, -0.25) is 15.0 Å². The number of allylic oxidation sites excluding steroid dienone is 2. The van der Waals surface area contributed by atoms with Crippen molar-refractivity contribution >= 4 is 17.6 Å². The smallest absolute Gasteiger partial charge is 0.248 e. The van der Waals surface area contributed by atoms with E-state index in [0.29, 0.717) is 6.42 Å². The van der Waals surface area contributed by atoms with Crippen LogP contribution in [0.1, 0.15) is 40.5 Å². The Morgan fingerprint density at radius 2 is 2.14 bits per heavy atom. The molecule has 1 rings (SSSR count). The molecular weight excluding hydrogens is 266 g/mol. The van der Waals surface area contributed by atoms with Crippen molar-refractivity contribution in [2.24, 2.45) is 11.3 Å². The SMILES string of the molecule is C=CC(=O)NC(=N)C(C)(C)C(C)/C(=C/C)N1CCCC1=O. The average molecular weight is 291 g/mol. The molecule has 1 unspecified atom stereocenters. The summed E-state index contributed by atoms with van der Waals surface area (Å²) in [5.41, 5.74) is 0.323. The Morgan fingerprint density at radius 3 is 2.57 bits per heavy atom. The zero-order chi connectivity index (χ0) is 16.2. The predicted octanol–water partition coefficient (Wildman–Crippen LogP) is 2.45. The van der Waals surface area contributed by atoms with Crippen LogP contribution in [0.4, 0.5) is 0 Å². The Hall–Kier alpha value is -1.91. The molecule has 1 aliphatic rings. The summed E-state index contributed by atoms with van der Waals surface area (Å²) in [6.45, 7) is 11.8. The van der Waals surface area contributed by atoms with Gasteiger partial charge in [0.1, 0.15) is 5.84 Å². The Bertz CT molecular complexity index is 492. The number of nitrogens with zero attached hydrogens (tertiary/aromatic N) is 1. The number of nitrogens with one attached hydrogen (secondary N) is 2. The van der Waals surface area contributed by atoms with Crippen molar-refractivity contribution in [1.29, 1.82) is 5.41 Å².